The van der Waals surface area contributed by atoms with Crippen LogP contribution in [0.1, 0.15) is 28.9 Å². The molecule has 0 atom stereocenters. The van der Waals surface area contributed by atoms with E-state index in [0.717, 1.165) is 22.0 Å². The lowest BCUT2D eigenvalue weighted by Gasteiger charge is -2.21. The van der Waals surface area contributed by atoms with Crippen molar-refractivity contribution >= 4 is 10.9 Å². The lowest BCUT2D eigenvalue weighted by Crippen LogP contribution is -2.29. The van der Waals surface area contributed by atoms with Gasteiger partial charge in [-0.15, -0.1) is 5.10 Å². The summed E-state index contributed by atoms with van der Waals surface area (Å²) in [5, 5.41) is 22.3. The molecule has 0 aliphatic heterocycles. The fourth-order valence-electron chi connectivity index (χ4n) is 3.72. The van der Waals surface area contributed by atoms with Crippen molar-refractivity contribution in [2.24, 2.45) is 0 Å². The third-order valence-corrected chi connectivity index (χ3v) is 5.41. The molecule has 0 aliphatic rings. The van der Waals surface area contributed by atoms with Crippen LogP contribution in [0.15, 0.2) is 53.3 Å². The van der Waals surface area contributed by atoms with E-state index < -0.39 is 0 Å². The molecular weight excluding hydrogens is 411 g/mol. The summed E-state index contributed by atoms with van der Waals surface area (Å²) in [6.45, 7) is 3.79. The van der Waals surface area contributed by atoms with Crippen LogP contribution in [0.2, 0.25) is 0 Å². The summed E-state index contributed by atoms with van der Waals surface area (Å²) in [4.78, 5) is 17.7. The van der Waals surface area contributed by atoms with Crippen LogP contribution in [0.25, 0.3) is 10.9 Å². The van der Waals surface area contributed by atoms with E-state index in [1.807, 2.05) is 36.1 Å². The molecule has 0 radical (unpaired) electrons. The maximum absolute atomic E-state index is 13.2. The van der Waals surface area contributed by atoms with Crippen LogP contribution in [0, 0.1) is 12.7 Å². The van der Waals surface area contributed by atoms with E-state index in [-0.39, 0.29) is 18.0 Å². The number of nitrogens with one attached hydrogen (secondary N) is 1. The number of rotatable bonds is 9. The predicted molar refractivity (Wildman–Crippen MR) is 118 cm³/mol. The SMILES string of the molecule is Cc1cccc2cc(CN(CCCO)Cc3nnnn3Cc3ccc(F)cc3)c(=O)[nH]c12. The number of halogens is 1. The maximum atomic E-state index is 13.2. The van der Waals surface area contributed by atoms with Gasteiger partial charge >= 0.3 is 0 Å². The van der Waals surface area contributed by atoms with Crippen molar-refractivity contribution in [3.63, 3.8) is 0 Å². The number of hydrogen-bond acceptors (Lipinski definition) is 6. The number of tetrazole rings is 1. The van der Waals surface area contributed by atoms with E-state index in [0.29, 0.717) is 44.0 Å². The van der Waals surface area contributed by atoms with Gasteiger partial charge in [0.1, 0.15) is 5.82 Å². The largest absolute Gasteiger partial charge is 0.396 e. The Balaban J connectivity index is 1.56. The van der Waals surface area contributed by atoms with Crippen molar-refractivity contribution in [2.75, 3.05) is 13.2 Å². The van der Waals surface area contributed by atoms with Crippen molar-refractivity contribution in [3.8, 4) is 0 Å². The molecule has 0 amide bonds. The number of benzene rings is 2. The Morgan fingerprint density at radius 3 is 2.75 bits per heavy atom. The second-order valence-electron chi connectivity index (χ2n) is 7.83. The number of aromatic amines is 1. The average Bonchev–Trinajstić information content (AvgIpc) is 3.21. The quantitative estimate of drug-likeness (QED) is 0.418. The van der Waals surface area contributed by atoms with Gasteiger partial charge in [0.05, 0.1) is 18.6 Å². The summed E-state index contributed by atoms with van der Waals surface area (Å²) in [5.41, 5.74) is 3.24. The number of para-hydroxylation sites is 1. The number of aryl methyl sites for hydroxylation is 1. The van der Waals surface area contributed by atoms with E-state index >= 15 is 0 Å². The van der Waals surface area contributed by atoms with E-state index in [1.54, 1.807) is 16.8 Å². The number of aliphatic hydroxyl groups is 1. The number of aliphatic hydroxyl groups excluding tert-OH is 1. The van der Waals surface area contributed by atoms with Crippen LogP contribution < -0.4 is 5.56 Å². The van der Waals surface area contributed by atoms with Gasteiger partial charge in [-0.05, 0) is 58.5 Å². The Labute approximate surface area is 184 Å². The van der Waals surface area contributed by atoms with Gasteiger partial charge in [0.15, 0.2) is 5.82 Å². The Hall–Kier alpha value is -3.43. The molecule has 32 heavy (non-hydrogen) atoms. The molecule has 166 valence electrons. The molecule has 4 rings (SSSR count). The van der Waals surface area contributed by atoms with Gasteiger partial charge in [-0.25, -0.2) is 9.07 Å². The first-order valence-electron chi connectivity index (χ1n) is 10.5. The highest BCUT2D eigenvalue weighted by atomic mass is 19.1. The Bertz CT molecular complexity index is 1250. The molecule has 2 heterocycles. The summed E-state index contributed by atoms with van der Waals surface area (Å²) in [7, 11) is 0. The number of aromatic nitrogens is 5. The summed E-state index contributed by atoms with van der Waals surface area (Å²) >= 11 is 0. The third-order valence-electron chi connectivity index (χ3n) is 5.41. The number of fused-ring (bicyclic) bond motifs is 1. The zero-order valence-electron chi connectivity index (χ0n) is 17.8. The van der Waals surface area contributed by atoms with Crippen molar-refractivity contribution in [3.05, 3.63) is 87.2 Å². The zero-order valence-corrected chi connectivity index (χ0v) is 17.8. The molecule has 8 nitrogen and oxygen atoms in total. The highest BCUT2D eigenvalue weighted by molar-refractivity contribution is 5.81. The fourth-order valence-corrected chi connectivity index (χ4v) is 3.72. The normalized spacial score (nSPS) is 11.5. The molecule has 0 unspecified atom stereocenters. The van der Waals surface area contributed by atoms with Gasteiger partial charge in [0.2, 0.25) is 0 Å². The van der Waals surface area contributed by atoms with Crippen LogP contribution >= 0.6 is 0 Å². The minimum Gasteiger partial charge on any atom is -0.396 e. The maximum Gasteiger partial charge on any atom is 0.252 e. The van der Waals surface area contributed by atoms with Crippen molar-refractivity contribution < 1.29 is 9.50 Å². The average molecular weight is 436 g/mol. The molecule has 0 aliphatic carbocycles. The van der Waals surface area contributed by atoms with E-state index in [1.165, 1.54) is 12.1 Å². The second-order valence-corrected chi connectivity index (χ2v) is 7.83. The molecule has 2 aromatic carbocycles. The molecule has 0 fully saturated rings. The summed E-state index contributed by atoms with van der Waals surface area (Å²) in [6, 6.07) is 14.0. The van der Waals surface area contributed by atoms with E-state index in [2.05, 4.69) is 20.5 Å². The van der Waals surface area contributed by atoms with Crippen LogP contribution in [0.3, 0.4) is 0 Å². The van der Waals surface area contributed by atoms with E-state index in [9.17, 15) is 14.3 Å². The van der Waals surface area contributed by atoms with Crippen LogP contribution in [-0.4, -0.2) is 48.3 Å². The predicted octanol–water partition coefficient (Wildman–Crippen LogP) is 2.40. The molecule has 9 heteroatoms. The number of pyridine rings is 1. The fraction of sp³-hybridized carbons (Fsp3) is 0.304. The van der Waals surface area contributed by atoms with Gasteiger partial charge in [-0.1, -0.05) is 30.3 Å². The molecule has 4 aromatic rings. The smallest absolute Gasteiger partial charge is 0.252 e. The van der Waals surface area contributed by atoms with Crippen LogP contribution in [0.5, 0.6) is 0 Å². The number of H-pyrrole nitrogens is 1. The van der Waals surface area contributed by atoms with Gasteiger partial charge in [0.25, 0.3) is 5.56 Å². The van der Waals surface area contributed by atoms with Crippen molar-refractivity contribution in [1.29, 1.82) is 0 Å². The van der Waals surface area contributed by atoms with Gasteiger partial charge in [0, 0.05) is 25.3 Å². The lowest BCUT2D eigenvalue weighted by molar-refractivity contribution is 0.206. The number of hydrogen-bond donors (Lipinski definition) is 2. The highest BCUT2D eigenvalue weighted by Crippen LogP contribution is 2.16. The van der Waals surface area contributed by atoms with Crippen molar-refractivity contribution in [1.82, 2.24) is 30.1 Å². The topological polar surface area (TPSA) is 99.9 Å². The molecule has 0 saturated carbocycles. The first-order chi connectivity index (χ1) is 15.5. The summed E-state index contributed by atoms with van der Waals surface area (Å²) < 4.78 is 14.9. The molecular formula is C23H25FN6O2. The third kappa shape index (κ3) is 5.06. The molecule has 0 spiro atoms. The summed E-state index contributed by atoms with van der Waals surface area (Å²) in [5.74, 6) is 0.331. The van der Waals surface area contributed by atoms with Crippen LogP contribution in [-0.2, 0) is 19.6 Å². The first kappa shape index (κ1) is 21.8. The standard InChI is InChI=1S/C23H25FN6O2/c1-16-4-2-5-18-12-19(23(32)25-22(16)18)14-29(10-3-11-31)15-21-26-27-28-30(21)13-17-6-8-20(24)9-7-17/h2,4-9,12,31H,3,10-11,13-15H2,1H3,(H,25,32). The molecule has 0 saturated heterocycles. The monoisotopic (exact) mass is 436 g/mol. The Morgan fingerprint density at radius 1 is 1.16 bits per heavy atom. The van der Waals surface area contributed by atoms with Gasteiger partial charge in [-0.3, -0.25) is 9.69 Å². The highest BCUT2D eigenvalue weighted by Gasteiger charge is 2.15. The molecule has 2 N–H and O–H groups in total. The van der Waals surface area contributed by atoms with Gasteiger partial charge < -0.3 is 10.1 Å². The zero-order chi connectivity index (χ0) is 22.5. The summed E-state index contributed by atoms with van der Waals surface area (Å²) in [6.07, 6.45) is 0.560. The first-order valence-corrected chi connectivity index (χ1v) is 10.5. The van der Waals surface area contributed by atoms with Gasteiger partial charge in [-0.2, -0.15) is 0 Å². The van der Waals surface area contributed by atoms with Crippen molar-refractivity contribution in [2.45, 2.75) is 33.0 Å². The lowest BCUT2D eigenvalue weighted by atomic mass is 10.1. The minimum atomic E-state index is -0.295. The van der Waals surface area contributed by atoms with Crippen LogP contribution in [0.4, 0.5) is 4.39 Å². The van der Waals surface area contributed by atoms with E-state index in [4.69, 9.17) is 0 Å². The second kappa shape index (κ2) is 9.80. The molecule has 0 bridgehead atoms. The molecule has 2 aromatic heterocycles. The Morgan fingerprint density at radius 2 is 1.97 bits per heavy atom. The number of nitrogens with zero attached hydrogens (tertiary/aromatic N) is 5. The Kier molecular flexibility index (Phi) is 6.67. The minimum absolute atomic E-state index is 0.0459.